The predicted octanol–water partition coefficient (Wildman–Crippen LogP) is 2.30. The van der Waals surface area contributed by atoms with Gasteiger partial charge in [0.2, 0.25) is 0 Å². The molecule has 0 bridgehead atoms. The molecule has 1 saturated heterocycles. The number of hydrogen-bond acceptors (Lipinski definition) is 3. The first-order valence-electron chi connectivity index (χ1n) is 6.65. The summed E-state index contributed by atoms with van der Waals surface area (Å²) >= 11 is 0. The molecule has 1 aromatic rings. The lowest BCUT2D eigenvalue weighted by Crippen LogP contribution is -2.45. The maximum Gasteiger partial charge on any atom is 0.0991 e. The summed E-state index contributed by atoms with van der Waals surface area (Å²) in [6.07, 6.45) is 2.51. The predicted molar refractivity (Wildman–Crippen MR) is 73.2 cm³/mol. The highest BCUT2D eigenvalue weighted by molar-refractivity contribution is 5.34. The number of nitrogens with zero attached hydrogens (tertiary/aromatic N) is 2. The van der Waals surface area contributed by atoms with Crippen molar-refractivity contribution in [1.29, 1.82) is 5.26 Å². The minimum atomic E-state index is 0.350. The first-order valence-corrected chi connectivity index (χ1v) is 6.65. The zero-order valence-corrected chi connectivity index (χ0v) is 11.2. The van der Waals surface area contributed by atoms with Crippen LogP contribution in [-0.2, 0) is 0 Å². The summed E-state index contributed by atoms with van der Waals surface area (Å²) in [7, 11) is 2.18. The largest absolute Gasteiger partial charge is 0.315 e. The molecule has 0 spiro atoms. The van der Waals surface area contributed by atoms with Gasteiger partial charge in [-0.15, -0.1) is 0 Å². The molecule has 2 rings (SSSR count). The summed E-state index contributed by atoms with van der Waals surface area (Å²) in [5.41, 5.74) is 1.97. The molecular weight excluding hydrogens is 222 g/mol. The Hall–Kier alpha value is -1.37. The lowest BCUT2D eigenvalue weighted by atomic mass is 10.00. The fraction of sp³-hybridized carbons (Fsp3) is 0.533. The summed E-state index contributed by atoms with van der Waals surface area (Å²) in [4.78, 5) is 2.42. The molecule has 0 aromatic heterocycles. The molecule has 1 aliphatic heterocycles. The molecule has 2 atom stereocenters. The molecule has 3 heteroatoms. The van der Waals surface area contributed by atoms with E-state index in [2.05, 4.69) is 36.3 Å². The van der Waals surface area contributed by atoms with E-state index >= 15 is 0 Å². The third kappa shape index (κ3) is 2.90. The van der Waals surface area contributed by atoms with E-state index in [1.165, 1.54) is 18.4 Å². The van der Waals surface area contributed by atoms with Crippen LogP contribution in [0.3, 0.4) is 0 Å². The lowest BCUT2D eigenvalue weighted by Gasteiger charge is -2.36. The van der Waals surface area contributed by atoms with Crippen molar-refractivity contribution in [3.05, 3.63) is 35.4 Å². The van der Waals surface area contributed by atoms with E-state index in [0.717, 1.165) is 18.7 Å². The van der Waals surface area contributed by atoms with Crippen LogP contribution in [0, 0.1) is 11.3 Å². The van der Waals surface area contributed by atoms with Gasteiger partial charge < -0.3 is 5.32 Å². The van der Waals surface area contributed by atoms with Crippen LogP contribution in [0.15, 0.2) is 24.3 Å². The lowest BCUT2D eigenvalue weighted by molar-refractivity contribution is 0.156. The minimum Gasteiger partial charge on any atom is -0.315 e. The Morgan fingerprint density at radius 1 is 1.50 bits per heavy atom. The maximum absolute atomic E-state index is 8.96. The van der Waals surface area contributed by atoms with E-state index in [1.807, 2.05) is 18.2 Å². The van der Waals surface area contributed by atoms with E-state index in [0.29, 0.717) is 12.1 Å². The van der Waals surface area contributed by atoms with Crippen LogP contribution in [-0.4, -0.2) is 31.1 Å². The van der Waals surface area contributed by atoms with Gasteiger partial charge in [-0.25, -0.2) is 0 Å². The SMILES string of the molecule is CC(c1cccc(C#N)c1)N(C)C1CCCNC1. The molecule has 1 aliphatic rings. The molecule has 1 aromatic carbocycles. The van der Waals surface area contributed by atoms with Crippen LogP contribution >= 0.6 is 0 Å². The first kappa shape index (κ1) is 13.1. The van der Waals surface area contributed by atoms with Gasteiger partial charge in [0.25, 0.3) is 0 Å². The average molecular weight is 243 g/mol. The second-order valence-corrected chi connectivity index (χ2v) is 5.08. The van der Waals surface area contributed by atoms with E-state index in [1.54, 1.807) is 0 Å². The van der Waals surface area contributed by atoms with Gasteiger partial charge in [-0.3, -0.25) is 4.90 Å². The molecule has 1 heterocycles. The van der Waals surface area contributed by atoms with E-state index in [9.17, 15) is 0 Å². The Balaban J connectivity index is 2.09. The van der Waals surface area contributed by atoms with Crippen molar-refractivity contribution < 1.29 is 0 Å². The standard InChI is InChI=1S/C15H21N3/c1-12(14-6-3-5-13(9-14)10-16)18(2)15-7-4-8-17-11-15/h3,5-6,9,12,15,17H,4,7-8,11H2,1-2H3. The molecule has 0 amide bonds. The summed E-state index contributed by atoms with van der Waals surface area (Å²) in [6.45, 7) is 4.42. The number of piperidine rings is 1. The molecule has 18 heavy (non-hydrogen) atoms. The number of rotatable bonds is 3. The van der Waals surface area contributed by atoms with Crippen molar-refractivity contribution in [3.63, 3.8) is 0 Å². The summed E-state index contributed by atoms with van der Waals surface area (Å²) in [5.74, 6) is 0. The smallest absolute Gasteiger partial charge is 0.0991 e. The zero-order chi connectivity index (χ0) is 13.0. The summed E-state index contributed by atoms with van der Waals surface area (Å²) in [5, 5.41) is 12.4. The van der Waals surface area contributed by atoms with Crippen LogP contribution in [0.1, 0.15) is 36.9 Å². The second-order valence-electron chi connectivity index (χ2n) is 5.08. The number of likely N-dealkylation sites (N-methyl/N-ethyl adjacent to an activating group) is 1. The molecule has 1 N–H and O–H groups in total. The van der Waals surface area contributed by atoms with Gasteiger partial charge in [-0.2, -0.15) is 5.26 Å². The van der Waals surface area contributed by atoms with Crippen molar-refractivity contribution in [3.8, 4) is 6.07 Å². The molecule has 3 nitrogen and oxygen atoms in total. The normalized spacial score (nSPS) is 21.6. The van der Waals surface area contributed by atoms with E-state index in [4.69, 9.17) is 5.26 Å². The van der Waals surface area contributed by atoms with Crippen molar-refractivity contribution >= 4 is 0 Å². The van der Waals surface area contributed by atoms with Crippen LogP contribution in [0.4, 0.5) is 0 Å². The van der Waals surface area contributed by atoms with Crippen LogP contribution in [0.25, 0.3) is 0 Å². The van der Waals surface area contributed by atoms with E-state index in [-0.39, 0.29) is 0 Å². The highest BCUT2D eigenvalue weighted by Gasteiger charge is 2.22. The van der Waals surface area contributed by atoms with Crippen molar-refractivity contribution in [2.75, 3.05) is 20.1 Å². The first-order chi connectivity index (χ1) is 8.72. The molecule has 2 unspecified atom stereocenters. The van der Waals surface area contributed by atoms with Crippen molar-refractivity contribution in [2.24, 2.45) is 0 Å². The second kappa shape index (κ2) is 5.99. The third-order valence-corrected chi connectivity index (χ3v) is 3.96. The number of nitrogens with one attached hydrogen (secondary N) is 1. The Morgan fingerprint density at radius 3 is 3.00 bits per heavy atom. The van der Waals surface area contributed by atoms with Crippen LogP contribution < -0.4 is 5.32 Å². The highest BCUT2D eigenvalue weighted by atomic mass is 15.2. The number of benzene rings is 1. The Morgan fingerprint density at radius 2 is 2.33 bits per heavy atom. The van der Waals surface area contributed by atoms with Crippen molar-refractivity contribution in [2.45, 2.75) is 31.8 Å². The topological polar surface area (TPSA) is 39.1 Å². The summed E-state index contributed by atoms with van der Waals surface area (Å²) < 4.78 is 0. The number of nitriles is 1. The minimum absolute atomic E-state index is 0.350. The third-order valence-electron chi connectivity index (χ3n) is 3.96. The molecule has 1 fully saturated rings. The van der Waals surface area contributed by atoms with Gasteiger partial charge in [-0.05, 0) is 51.1 Å². The number of hydrogen-bond donors (Lipinski definition) is 1. The maximum atomic E-state index is 8.96. The van der Waals surface area contributed by atoms with Crippen molar-refractivity contribution in [1.82, 2.24) is 10.2 Å². The molecule has 0 saturated carbocycles. The average Bonchev–Trinajstić information content (AvgIpc) is 2.46. The fourth-order valence-electron chi connectivity index (χ4n) is 2.60. The summed E-state index contributed by atoms with van der Waals surface area (Å²) in [6, 6.07) is 11.1. The van der Waals surface area contributed by atoms with Gasteiger partial charge in [0.05, 0.1) is 11.6 Å². The van der Waals surface area contributed by atoms with Gasteiger partial charge >= 0.3 is 0 Å². The van der Waals surface area contributed by atoms with Crippen LogP contribution in [0.2, 0.25) is 0 Å². The monoisotopic (exact) mass is 243 g/mol. The van der Waals surface area contributed by atoms with E-state index < -0.39 is 0 Å². The van der Waals surface area contributed by atoms with Gasteiger partial charge in [-0.1, -0.05) is 12.1 Å². The highest BCUT2D eigenvalue weighted by Crippen LogP contribution is 2.23. The Bertz CT molecular complexity index is 430. The van der Waals surface area contributed by atoms with Gasteiger partial charge in [0.15, 0.2) is 0 Å². The van der Waals surface area contributed by atoms with Gasteiger partial charge in [0, 0.05) is 18.6 Å². The molecule has 0 aliphatic carbocycles. The zero-order valence-electron chi connectivity index (χ0n) is 11.2. The Labute approximate surface area is 109 Å². The fourth-order valence-corrected chi connectivity index (χ4v) is 2.60. The van der Waals surface area contributed by atoms with Gasteiger partial charge in [0.1, 0.15) is 0 Å². The van der Waals surface area contributed by atoms with Crippen LogP contribution in [0.5, 0.6) is 0 Å². The molecular formula is C15H21N3. The molecule has 96 valence electrons. The molecule has 0 radical (unpaired) electrons. The quantitative estimate of drug-likeness (QED) is 0.885. The Kier molecular flexibility index (Phi) is 4.35.